The van der Waals surface area contributed by atoms with Crippen LogP contribution in [0.15, 0.2) is 18.3 Å². The number of hydrogen-bond donors (Lipinski definition) is 0. The van der Waals surface area contributed by atoms with Gasteiger partial charge < -0.3 is 4.90 Å². The highest BCUT2D eigenvalue weighted by Gasteiger charge is 2.40. The lowest BCUT2D eigenvalue weighted by Gasteiger charge is -2.24. The Morgan fingerprint density at radius 3 is 2.42 bits per heavy atom. The van der Waals surface area contributed by atoms with Crippen LogP contribution in [-0.2, 0) is 4.79 Å². The Balaban J connectivity index is 2.24. The molecule has 3 amide bonds. The molecule has 2 rings (SSSR count). The number of rotatable bonds is 3. The number of halogens is 1. The van der Waals surface area contributed by atoms with Gasteiger partial charge in [0.2, 0.25) is 0 Å². The quantitative estimate of drug-likeness (QED) is 0.632. The van der Waals surface area contributed by atoms with Crippen molar-refractivity contribution < 1.29 is 9.59 Å². The van der Waals surface area contributed by atoms with Crippen molar-refractivity contribution in [2.45, 2.75) is 32.9 Å². The van der Waals surface area contributed by atoms with Crippen LogP contribution in [0.2, 0.25) is 5.15 Å². The first-order chi connectivity index (χ1) is 8.91. The van der Waals surface area contributed by atoms with Crippen molar-refractivity contribution in [2.75, 3.05) is 6.54 Å². The van der Waals surface area contributed by atoms with Crippen molar-refractivity contribution in [3.63, 3.8) is 0 Å². The summed E-state index contributed by atoms with van der Waals surface area (Å²) in [7, 11) is 0. The van der Waals surface area contributed by atoms with Crippen LogP contribution in [-0.4, -0.2) is 39.3 Å². The fraction of sp³-hybridized carbons (Fsp3) is 0.462. The predicted molar refractivity (Wildman–Crippen MR) is 71.7 cm³/mol. The standard InChI is InChI=1S/C13H16ClN3O2/c1-8(2)16-7-12(18)17(13(16)19)9(3)10-4-5-11(14)15-6-10/h4-6,8-9H,7H2,1-3H3. The maximum Gasteiger partial charge on any atom is 0.328 e. The highest BCUT2D eigenvalue weighted by atomic mass is 35.5. The first kappa shape index (κ1) is 13.8. The fourth-order valence-electron chi connectivity index (χ4n) is 2.10. The monoisotopic (exact) mass is 281 g/mol. The molecule has 2 heterocycles. The zero-order valence-corrected chi connectivity index (χ0v) is 11.9. The Labute approximate surface area is 117 Å². The topological polar surface area (TPSA) is 53.5 Å². The van der Waals surface area contributed by atoms with E-state index in [-0.39, 0.29) is 30.6 Å². The summed E-state index contributed by atoms with van der Waals surface area (Å²) < 4.78 is 0. The van der Waals surface area contributed by atoms with Gasteiger partial charge in [-0.25, -0.2) is 9.78 Å². The van der Waals surface area contributed by atoms with E-state index in [1.165, 1.54) is 4.90 Å². The van der Waals surface area contributed by atoms with Crippen molar-refractivity contribution in [2.24, 2.45) is 0 Å². The number of imide groups is 1. The molecular weight excluding hydrogens is 266 g/mol. The molecule has 0 aliphatic carbocycles. The smallest absolute Gasteiger partial charge is 0.313 e. The van der Waals surface area contributed by atoms with Gasteiger partial charge in [0.1, 0.15) is 11.7 Å². The van der Waals surface area contributed by atoms with Gasteiger partial charge in [-0.05, 0) is 32.4 Å². The molecule has 0 spiro atoms. The van der Waals surface area contributed by atoms with Crippen molar-refractivity contribution in [1.82, 2.24) is 14.8 Å². The van der Waals surface area contributed by atoms with E-state index in [9.17, 15) is 9.59 Å². The van der Waals surface area contributed by atoms with Gasteiger partial charge in [-0.15, -0.1) is 0 Å². The minimum absolute atomic E-state index is 0.0111. The number of urea groups is 1. The van der Waals surface area contributed by atoms with E-state index in [0.29, 0.717) is 5.15 Å². The molecule has 0 saturated carbocycles. The molecule has 1 aliphatic heterocycles. The van der Waals surface area contributed by atoms with Gasteiger partial charge in [-0.3, -0.25) is 9.69 Å². The summed E-state index contributed by atoms with van der Waals surface area (Å²) in [4.78, 5) is 31.0. The highest BCUT2D eigenvalue weighted by molar-refractivity contribution is 6.29. The molecule has 1 aromatic heterocycles. The van der Waals surface area contributed by atoms with Crippen LogP contribution in [0.4, 0.5) is 4.79 Å². The molecule has 0 bridgehead atoms. The van der Waals surface area contributed by atoms with Crippen LogP contribution in [0.5, 0.6) is 0 Å². The molecule has 0 radical (unpaired) electrons. The van der Waals surface area contributed by atoms with Crippen LogP contribution in [0.3, 0.4) is 0 Å². The van der Waals surface area contributed by atoms with E-state index < -0.39 is 0 Å². The normalized spacial score (nSPS) is 17.5. The molecule has 1 unspecified atom stereocenters. The Morgan fingerprint density at radius 1 is 1.26 bits per heavy atom. The Bertz CT molecular complexity index is 501. The highest BCUT2D eigenvalue weighted by Crippen LogP contribution is 2.26. The summed E-state index contributed by atoms with van der Waals surface area (Å²) in [5.41, 5.74) is 0.789. The summed E-state index contributed by atoms with van der Waals surface area (Å²) in [6.45, 7) is 5.73. The zero-order chi connectivity index (χ0) is 14.2. The van der Waals surface area contributed by atoms with Gasteiger partial charge in [0, 0.05) is 12.2 Å². The first-order valence-electron chi connectivity index (χ1n) is 6.16. The van der Waals surface area contributed by atoms with E-state index in [4.69, 9.17) is 11.6 Å². The van der Waals surface area contributed by atoms with E-state index in [1.54, 1.807) is 23.2 Å². The number of carbonyl (C=O) groups is 2. The van der Waals surface area contributed by atoms with E-state index in [2.05, 4.69) is 4.98 Å². The second kappa shape index (κ2) is 5.17. The lowest BCUT2D eigenvalue weighted by molar-refractivity contribution is -0.126. The van der Waals surface area contributed by atoms with Crippen molar-refractivity contribution in [1.29, 1.82) is 0 Å². The van der Waals surface area contributed by atoms with Crippen LogP contribution >= 0.6 is 11.6 Å². The number of hydrogen-bond acceptors (Lipinski definition) is 3. The SMILES string of the molecule is CC(C)N1CC(=O)N(C(C)c2ccc(Cl)nc2)C1=O. The maximum absolute atomic E-state index is 12.2. The molecule has 19 heavy (non-hydrogen) atoms. The summed E-state index contributed by atoms with van der Waals surface area (Å²) >= 11 is 5.73. The fourth-order valence-corrected chi connectivity index (χ4v) is 2.21. The number of amides is 3. The first-order valence-corrected chi connectivity index (χ1v) is 6.53. The zero-order valence-electron chi connectivity index (χ0n) is 11.1. The molecule has 1 aromatic rings. The Kier molecular flexibility index (Phi) is 3.75. The molecule has 1 aliphatic rings. The van der Waals surface area contributed by atoms with E-state index in [0.717, 1.165) is 5.56 Å². The second-order valence-electron chi connectivity index (χ2n) is 4.86. The van der Waals surface area contributed by atoms with Crippen molar-refractivity contribution >= 4 is 23.5 Å². The number of carbonyl (C=O) groups excluding carboxylic acids is 2. The van der Waals surface area contributed by atoms with Crippen LogP contribution < -0.4 is 0 Å². The molecule has 1 fully saturated rings. The average molecular weight is 282 g/mol. The largest absolute Gasteiger partial charge is 0.328 e. The van der Waals surface area contributed by atoms with Gasteiger partial charge >= 0.3 is 6.03 Å². The third-order valence-electron chi connectivity index (χ3n) is 3.27. The molecule has 6 heteroatoms. The van der Waals surface area contributed by atoms with Gasteiger partial charge in [0.15, 0.2) is 0 Å². The van der Waals surface area contributed by atoms with Gasteiger partial charge in [0.25, 0.3) is 5.91 Å². The Hall–Kier alpha value is -1.62. The van der Waals surface area contributed by atoms with E-state index >= 15 is 0 Å². The van der Waals surface area contributed by atoms with Crippen molar-refractivity contribution in [3.8, 4) is 0 Å². The molecule has 0 aromatic carbocycles. The molecule has 0 N–H and O–H groups in total. The predicted octanol–water partition coefficient (Wildman–Crippen LogP) is 2.47. The van der Waals surface area contributed by atoms with E-state index in [1.807, 2.05) is 20.8 Å². The lowest BCUT2D eigenvalue weighted by atomic mass is 10.1. The van der Waals surface area contributed by atoms with Crippen LogP contribution in [0, 0.1) is 0 Å². The lowest BCUT2D eigenvalue weighted by Crippen LogP contribution is -2.37. The number of nitrogens with zero attached hydrogens (tertiary/aromatic N) is 3. The molecule has 5 nitrogen and oxygen atoms in total. The third kappa shape index (κ3) is 2.56. The Morgan fingerprint density at radius 2 is 1.95 bits per heavy atom. The average Bonchev–Trinajstić information content (AvgIpc) is 2.65. The van der Waals surface area contributed by atoms with Crippen LogP contribution in [0.1, 0.15) is 32.4 Å². The second-order valence-corrected chi connectivity index (χ2v) is 5.25. The van der Waals surface area contributed by atoms with Gasteiger partial charge in [-0.2, -0.15) is 0 Å². The van der Waals surface area contributed by atoms with Crippen LogP contribution in [0.25, 0.3) is 0 Å². The minimum atomic E-state index is -0.339. The molecule has 1 saturated heterocycles. The summed E-state index contributed by atoms with van der Waals surface area (Å²) in [5.74, 6) is -0.179. The molecule has 1 atom stereocenters. The number of aromatic nitrogens is 1. The summed E-state index contributed by atoms with van der Waals surface area (Å²) in [5, 5.41) is 0.388. The molecule has 102 valence electrons. The summed E-state index contributed by atoms with van der Waals surface area (Å²) in [6, 6.07) is 2.85. The maximum atomic E-state index is 12.2. The van der Waals surface area contributed by atoms with Gasteiger partial charge in [-0.1, -0.05) is 17.7 Å². The number of pyridine rings is 1. The minimum Gasteiger partial charge on any atom is -0.313 e. The third-order valence-corrected chi connectivity index (χ3v) is 3.49. The summed E-state index contributed by atoms with van der Waals surface area (Å²) in [6.07, 6.45) is 1.59. The molecular formula is C13H16ClN3O2. The van der Waals surface area contributed by atoms with Gasteiger partial charge in [0.05, 0.1) is 6.04 Å². The van der Waals surface area contributed by atoms with Crippen molar-refractivity contribution in [3.05, 3.63) is 29.0 Å².